The maximum absolute atomic E-state index is 13.7. The molecule has 1 aromatic heterocycles. The van der Waals surface area contributed by atoms with E-state index in [-0.39, 0.29) is 17.5 Å². The summed E-state index contributed by atoms with van der Waals surface area (Å²) in [4.78, 5) is 14.1. The van der Waals surface area contributed by atoms with Crippen molar-refractivity contribution in [2.45, 2.75) is 30.2 Å². The summed E-state index contributed by atoms with van der Waals surface area (Å²) < 4.78 is 13.7. The minimum absolute atomic E-state index is 0.0135. The van der Waals surface area contributed by atoms with Crippen molar-refractivity contribution < 1.29 is 9.18 Å². The highest BCUT2D eigenvalue weighted by Gasteiger charge is 2.24. The smallest absolute Gasteiger partial charge is 0.254 e. The Balaban J connectivity index is 1.82. The standard InChI is InChI=1S/C15H14FNOS2/c16-12-5-4-9(19)8-11(12)15(18)17-13-2-1-3-14-10(13)6-7-20-14/h4-8,13,19H,1-3H2,(H,17,18). The number of thiophene rings is 1. The fraction of sp³-hybridized carbons (Fsp3) is 0.267. The third kappa shape index (κ3) is 2.60. The number of carbonyl (C=O) groups excluding carboxylic acids is 1. The van der Waals surface area contributed by atoms with Crippen molar-refractivity contribution in [1.29, 1.82) is 0 Å². The van der Waals surface area contributed by atoms with Gasteiger partial charge < -0.3 is 5.32 Å². The predicted molar refractivity (Wildman–Crippen MR) is 81.1 cm³/mol. The summed E-state index contributed by atoms with van der Waals surface area (Å²) in [5, 5.41) is 4.98. The number of amides is 1. The number of thiol groups is 1. The van der Waals surface area contributed by atoms with Crippen LogP contribution in [0.25, 0.3) is 0 Å². The number of hydrogen-bond donors (Lipinski definition) is 2. The number of halogens is 1. The number of carbonyl (C=O) groups is 1. The maximum Gasteiger partial charge on any atom is 0.254 e. The topological polar surface area (TPSA) is 29.1 Å². The molecule has 1 atom stereocenters. The first-order valence-electron chi connectivity index (χ1n) is 6.51. The van der Waals surface area contributed by atoms with Crippen molar-refractivity contribution in [3.63, 3.8) is 0 Å². The van der Waals surface area contributed by atoms with Crippen molar-refractivity contribution >= 4 is 29.9 Å². The van der Waals surface area contributed by atoms with Gasteiger partial charge in [0.15, 0.2) is 0 Å². The molecular formula is C15H14FNOS2. The second kappa shape index (κ2) is 5.58. The summed E-state index contributed by atoms with van der Waals surface area (Å²) in [6, 6.07) is 6.31. The van der Waals surface area contributed by atoms with Crippen LogP contribution in [0, 0.1) is 5.82 Å². The highest BCUT2D eigenvalue weighted by molar-refractivity contribution is 7.80. The zero-order chi connectivity index (χ0) is 14.1. The molecule has 1 N–H and O–H groups in total. The summed E-state index contributed by atoms with van der Waals surface area (Å²) in [5.74, 6) is -0.885. The van der Waals surface area contributed by atoms with Crippen molar-refractivity contribution in [2.24, 2.45) is 0 Å². The van der Waals surface area contributed by atoms with Gasteiger partial charge in [0, 0.05) is 9.77 Å². The molecular weight excluding hydrogens is 293 g/mol. The van der Waals surface area contributed by atoms with E-state index < -0.39 is 5.82 Å². The second-order valence-corrected chi connectivity index (χ2v) is 6.40. The van der Waals surface area contributed by atoms with Crippen LogP contribution in [0.2, 0.25) is 0 Å². The molecule has 5 heteroatoms. The Labute approximate surface area is 126 Å². The lowest BCUT2D eigenvalue weighted by atomic mass is 9.94. The van der Waals surface area contributed by atoms with E-state index in [1.165, 1.54) is 28.6 Å². The molecule has 0 bridgehead atoms. The molecule has 3 rings (SSSR count). The van der Waals surface area contributed by atoms with Gasteiger partial charge in [-0.15, -0.1) is 24.0 Å². The minimum atomic E-state index is -0.512. The van der Waals surface area contributed by atoms with Crippen LogP contribution < -0.4 is 5.32 Å². The summed E-state index contributed by atoms with van der Waals surface area (Å²) in [5.41, 5.74) is 1.23. The molecule has 0 saturated carbocycles. The number of aryl methyl sites for hydroxylation is 1. The van der Waals surface area contributed by atoms with Crippen molar-refractivity contribution in [2.75, 3.05) is 0 Å². The van der Waals surface area contributed by atoms with E-state index >= 15 is 0 Å². The van der Waals surface area contributed by atoms with Crippen LogP contribution in [-0.2, 0) is 6.42 Å². The fourth-order valence-electron chi connectivity index (χ4n) is 2.56. The first-order valence-corrected chi connectivity index (χ1v) is 7.83. The zero-order valence-electron chi connectivity index (χ0n) is 10.7. The summed E-state index contributed by atoms with van der Waals surface area (Å²) in [6.45, 7) is 0. The maximum atomic E-state index is 13.7. The summed E-state index contributed by atoms with van der Waals surface area (Å²) in [6.07, 6.45) is 3.02. The van der Waals surface area contributed by atoms with Gasteiger partial charge in [0.2, 0.25) is 0 Å². The third-order valence-electron chi connectivity index (χ3n) is 3.55. The number of benzene rings is 1. The van der Waals surface area contributed by atoms with Crippen LogP contribution in [0.5, 0.6) is 0 Å². The van der Waals surface area contributed by atoms with Gasteiger partial charge in [-0.1, -0.05) is 0 Å². The Hall–Kier alpha value is -1.33. The summed E-state index contributed by atoms with van der Waals surface area (Å²) in [7, 11) is 0. The molecule has 0 saturated heterocycles. The van der Waals surface area contributed by atoms with Gasteiger partial charge in [0.25, 0.3) is 5.91 Å². The van der Waals surface area contributed by atoms with Gasteiger partial charge in [-0.25, -0.2) is 4.39 Å². The molecule has 0 radical (unpaired) electrons. The Kier molecular flexibility index (Phi) is 3.81. The van der Waals surface area contributed by atoms with E-state index in [9.17, 15) is 9.18 Å². The lowest BCUT2D eigenvalue weighted by Gasteiger charge is -2.23. The first-order chi connectivity index (χ1) is 9.65. The molecule has 1 unspecified atom stereocenters. The molecule has 20 heavy (non-hydrogen) atoms. The quantitative estimate of drug-likeness (QED) is 0.807. The Morgan fingerprint density at radius 1 is 1.40 bits per heavy atom. The molecule has 0 fully saturated rings. The second-order valence-electron chi connectivity index (χ2n) is 4.88. The van der Waals surface area contributed by atoms with E-state index in [0.717, 1.165) is 19.3 Å². The van der Waals surface area contributed by atoms with Gasteiger partial charge in [-0.2, -0.15) is 0 Å². The Bertz CT molecular complexity index is 653. The largest absolute Gasteiger partial charge is 0.345 e. The van der Waals surface area contributed by atoms with Gasteiger partial charge in [0.05, 0.1) is 11.6 Å². The average molecular weight is 307 g/mol. The van der Waals surface area contributed by atoms with Crippen LogP contribution in [0.15, 0.2) is 34.5 Å². The highest BCUT2D eigenvalue weighted by Crippen LogP contribution is 2.33. The lowest BCUT2D eigenvalue weighted by Crippen LogP contribution is -2.31. The SMILES string of the molecule is O=C(NC1CCCc2sccc21)c1cc(S)ccc1F. The number of nitrogens with one attached hydrogen (secondary N) is 1. The van der Waals surface area contributed by atoms with E-state index in [2.05, 4.69) is 24.0 Å². The average Bonchev–Trinajstić information content (AvgIpc) is 2.91. The predicted octanol–water partition coefficient (Wildman–Crippen LogP) is 3.98. The van der Waals surface area contributed by atoms with Gasteiger partial charge in [-0.05, 0) is 54.5 Å². The molecule has 0 spiro atoms. The molecule has 1 amide bonds. The monoisotopic (exact) mass is 307 g/mol. The molecule has 0 aliphatic heterocycles. The normalized spacial score (nSPS) is 17.6. The molecule has 1 aromatic carbocycles. The van der Waals surface area contributed by atoms with Crippen LogP contribution in [0.1, 0.15) is 39.7 Å². The molecule has 104 valence electrons. The number of fused-ring (bicyclic) bond motifs is 1. The minimum Gasteiger partial charge on any atom is -0.345 e. The Morgan fingerprint density at radius 2 is 2.25 bits per heavy atom. The number of hydrogen-bond acceptors (Lipinski definition) is 3. The van der Waals surface area contributed by atoms with Gasteiger partial charge in [-0.3, -0.25) is 4.79 Å². The van der Waals surface area contributed by atoms with Gasteiger partial charge >= 0.3 is 0 Å². The van der Waals surface area contributed by atoms with E-state index in [1.54, 1.807) is 11.3 Å². The van der Waals surface area contributed by atoms with Crippen LogP contribution >= 0.6 is 24.0 Å². The van der Waals surface area contributed by atoms with Gasteiger partial charge in [0.1, 0.15) is 5.82 Å². The van der Waals surface area contributed by atoms with Crippen molar-refractivity contribution in [1.82, 2.24) is 5.32 Å². The van der Waals surface area contributed by atoms with Crippen LogP contribution in [0.4, 0.5) is 4.39 Å². The molecule has 2 aromatic rings. The molecule has 2 nitrogen and oxygen atoms in total. The number of rotatable bonds is 2. The van der Waals surface area contributed by atoms with Crippen LogP contribution in [0.3, 0.4) is 0 Å². The van der Waals surface area contributed by atoms with E-state index in [4.69, 9.17) is 0 Å². The van der Waals surface area contributed by atoms with Crippen molar-refractivity contribution in [3.8, 4) is 0 Å². The first kappa shape index (κ1) is 13.6. The van der Waals surface area contributed by atoms with E-state index in [1.807, 2.05) is 5.38 Å². The zero-order valence-corrected chi connectivity index (χ0v) is 12.4. The summed E-state index contributed by atoms with van der Waals surface area (Å²) >= 11 is 5.87. The highest BCUT2D eigenvalue weighted by atomic mass is 32.1. The molecule has 1 aliphatic carbocycles. The Morgan fingerprint density at radius 3 is 3.10 bits per heavy atom. The third-order valence-corrected chi connectivity index (χ3v) is 4.83. The van der Waals surface area contributed by atoms with Crippen molar-refractivity contribution in [3.05, 3.63) is 51.5 Å². The molecule has 1 aliphatic rings. The van der Waals surface area contributed by atoms with Crippen LogP contribution in [-0.4, -0.2) is 5.91 Å². The fourth-order valence-corrected chi connectivity index (χ4v) is 3.75. The lowest BCUT2D eigenvalue weighted by molar-refractivity contribution is 0.0928. The molecule has 1 heterocycles. The van der Waals surface area contributed by atoms with E-state index in [0.29, 0.717) is 4.90 Å².